The van der Waals surface area contributed by atoms with Crippen LogP contribution < -0.4 is 16.0 Å². The molecule has 9 atom stereocenters. The van der Waals surface area contributed by atoms with E-state index in [0.717, 1.165) is 106 Å². The number of rotatable bonds is 28. The number of nitrogens with one attached hydrogen (secondary N) is 3. The van der Waals surface area contributed by atoms with Crippen molar-refractivity contribution in [3.63, 3.8) is 0 Å². The van der Waals surface area contributed by atoms with Gasteiger partial charge in [0.25, 0.3) is 0 Å². The van der Waals surface area contributed by atoms with Crippen molar-refractivity contribution in [2.24, 2.45) is 52.3 Å². The highest BCUT2D eigenvalue weighted by molar-refractivity contribution is 5.77. The summed E-state index contributed by atoms with van der Waals surface area (Å²) < 4.78 is 17.5. The topological polar surface area (TPSA) is 135 Å². The molecule has 422 valence electrons. The number of hydrogen-bond donors (Lipinski definition) is 3. The SMILES string of the molecule is CCC(CCC(C)[C@H]1CC[C@H]2[C@@H]3CC=C4C[C@@H](OC(=O)CCCC(=O)N(CCCCNCCC(CC)(CC)NC(=O)OC(C)(C)C)CCC(CC)(CC)NC(=O)OC(C)(C)C)CC[C@]4(C)[C@H]3CC[C@]12C)C(C)C. The van der Waals surface area contributed by atoms with Crippen LogP contribution in [0.2, 0.25) is 0 Å². The van der Waals surface area contributed by atoms with Gasteiger partial charge in [0.1, 0.15) is 17.3 Å². The minimum atomic E-state index is -0.617. The predicted octanol–water partition coefficient (Wildman–Crippen LogP) is 14.9. The highest BCUT2D eigenvalue weighted by atomic mass is 16.6. The van der Waals surface area contributed by atoms with Gasteiger partial charge in [-0.1, -0.05) is 93.7 Å². The summed E-state index contributed by atoms with van der Waals surface area (Å²) >= 11 is 0. The van der Waals surface area contributed by atoms with Crippen LogP contribution in [0.4, 0.5) is 9.59 Å². The highest BCUT2D eigenvalue weighted by Gasteiger charge is 2.59. The Balaban J connectivity index is 1.30. The van der Waals surface area contributed by atoms with Gasteiger partial charge in [0, 0.05) is 43.4 Å². The second-order valence-electron chi connectivity index (χ2n) is 26.7. The number of alkyl carbamates (subject to hydrolysis) is 2. The van der Waals surface area contributed by atoms with E-state index in [4.69, 9.17) is 14.2 Å². The first-order valence-electron chi connectivity index (χ1n) is 30.1. The predicted molar refractivity (Wildman–Crippen MR) is 299 cm³/mol. The van der Waals surface area contributed by atoms with Crippen molar-refractivity contribution in [2.75, 3.05) is 26.2 Å². The lowest BCUT2D eigenvalue weighted by Crippen LogP contribution is -2.51. The van der Waals surface area contributed by atoms with E-state index in [9.17, 15) is 19.2 Å². The molecule has 0 bridgehead atoms. The number of amides is 3. The van der Waals surface area contributed by atoms with Crippen molar-refractivity contribution in [3.05, 3.63) is 11.6 Å². The molecule has 11 heteroatoms. The molecule has 4 aliphatic rings. The first kappa shape index (κ1) is 62.7. The summed E-state index contributed by atoms with van der Waals surface area (Å²) in [6, 6.07) is 0. The number of carbonyl (C=O) groups is 4. The molecule has 0 heterocycles. The second kappa shape index (κ2) is 27.5. The number of carbonyl (C=O) groups excluding carboxylic acids is 4. The van der Waals surface area contributed by atoms with Gasteiger partial charge in [0.2, 0.25) is 5.91 Å². The molecular weight excluding hydrogens is 913 g/mol. The molecule has 3 N–H and O–H groups in total. The fraction of sp³-hybridized carbons (Fsp3) is 0.903. The molecule has 3 amide bonds. The lowest BCUT2D eigenvalue weighted by Gasteiger charge is -2.58. The maximum absolute atomic E-state index is 14.1. The molecule has 2 unspecified atom stereocenters. The average molecular weight is 1030 g/mol. The van der Waals surface area contributed by atoms with Gasteiger partial charge in [-0.2, -0.15) is 0 Å². The highest BCUT2D eigenvalue weighted by Crippen LogP contribution is 2.67. The molecule has 4 rings (SSSR count). The van der Waals surface area contributed by atoms with Crippen LogP contribution >= 0.6 is 0 Å². The van der Waals surface area contributed by atoms with Crippen molar-refractivity contribution in [2.45, 2.75) is 280 Å². The Morgan fingerprint density at radius 3 is 1.90 bits per heavy atom. The average Bonchev–Trinajstić information content (AvgIpc) is 3.67. The van der Waals surface area contributed by atoms with E-state index in [1.54, 1.807) is 0 Å². The van der Waals surface area contributed by atoms with Crippen LogP contribution in [-0.2, 0) is 23.8 Å². The van der Waals surface area contributed by atoms with Crippen LogP contribution in [0.15, 0.2) is 11.6 Å². The number of esters is 1. The minimum Gasteiger partial charge on any atom is -0.462 e. The normalized spacial score (nSPS) is 26.2. The monoisotopic (exact) mass is 1020 g/mol. The Hall–Kier alpha value is -2.82. The maximum Gasteiger partial charge on any atom is 0.408 e. The number of hydrogen-bond acceptors (Lipinski definition) is 8. The molecule has 0 aromatic carbocycles. The molecule has 3 fully saturated rings. The van der Waals surface area contributed by atoms with Gasteiger partial charge >= 0.3 is 18.2 Å². The third-order valence-corrected chi connectivity index (χ3v) is 19.6. The van der Waals surface area contributed by atoms with E-state index in [-0.39, 0.29) is 47.9 Å². The van der Waals surface area contributed by atoms with Crippen LogP contribution in [0.5, 0.6) is 0 Å². The summed E-state index contributed by atoms with van der Waals surface area (Å²) in [6.07, 6.45) is 22.3. The standard InChI is InChI=1S/C62H112N4O7/c1-17-46(44(6)7)28-27-45(8)50-31-32-51-49-30-29-47-43-48(33-35-59(47,15)52(49)34-36-60(50,51)16)71-54(68)26-24-25-53(67)66(42-38-62(20-4,21-5)65-56(70)73-58(12,13)14)41-23-22-39-63-40-37-61(18-2,19-3)64-55(69)72-57(9,10)11/h29,44-46,48-52,63H,17-28,30-43H2,1-16H3,(H,64,69)(H,65,70)/t45?,46?,48-,49-,50+,51-,52-,59-,60+/m0/s1. The maximum atomic E-state index is 14.1. The van der Waals surface area contributed by atoms with Crippen molar-refractivity contribution in [3.8, 4) is 0 Å². The lowest BCUT2D eigenvalue weighted by atomic mass is 9.47. The first-order valence-corrected chi connectivity index (χ1v) is 30.1. The van der Waals surface area contributed by atoms with Crippen LogP contribution in [0.1, 0.15) is 252 Å². The zero-order chi connectivity index (χ0) is 54.4. The molecule has 0 aromatic rings. The minimum absolute atomic E-state index is 0.0289. The summed E-state index contributed by atoms with van der Waals surface area (Å²) in [5.74, 6) is 5.42. The van der Waals surface area contributed by atoms with Crippen LogP contribution in [0.3, 0.4) is 0 Å². The number of ether oxygens (including phenoxy) is 3. The zero-order valence-corrected chi connectivity index (χ0v) is 49.9. The van der Waals surface area contributed by atoms with Gasteiger partial charge in [-0.15, -0.1) is 0 Å². The molecule has 0 saturated heterocycles. The van der Waals surface area contributed by atoms with Crippen LogP contribution in [0, 0.1) is 52.3 Å². The van der Waals surface area contributed by atoms with Crippen LogP contribution in [-0.4, -0.2) is 83.5 Å². The zero-order valence-electron chi connectivity index (χ0n) is 49.9. The summed E-state index contributed by atoms with van der Waals surface area (Å²) in [6.45, 7) is 37.2. The Bertz CT molecular complexity index is 1780. The quantitative estimate of drug-likeness (QED) is 0.0305. The number of unbranched alkanes of at least 4 members (excludes halogenated alkanes) is 1. The Morgan fingerprint density at radius 1 is 0.712 bits per heavy atom. The fourth-order valence-corrected chi connectivity index (χ4v) is 14.6. The first-order chi connectivity index (χ1) is 34.2. The van der Waals surface area contributed by atoms with E-state index in [2.05, 4.69) is 91.3 Å². The van der Waals surface area contributed by atoms with Gasteiger partial charge in [-0.05, 0) is 216 Å². The molecule has 0 spiro atoms. The van der Waals surface area contributed by atoms with E-state index in [0.29, 0.717) is 44.2 Å². The Morgan fingerprint density at radius 2 is 1.33 bits per heavy atom. The molecule has 3 saturated carbocycles. The van der Waals surface area contributed by atoms with Gasteiger partial charge in [-0.3, -0.25) is 9.59 Å². The number of nitrogens with zero attached hydrogens (tertiary/aromatic N) is 1. The summed E-state index contributed by atoms with van der Waals surface area (Å²) in [7, 11) is 0. The van der Waals surface area contributed by atoms with E-state index in [1.807, 2.05) is 46.4 Å². The van der Waals surface area contributed by atoms with Gasteiger partial charge in [-0.25, -0.2) is 9.59 Å². The number of allylic oxidation sites excluding steroid dienone is 1. The molecule has 0 aromatic heterocycles. The van der Waals surface area contributed by atoms with Gasteiger partial charge in [0.15, 0.2) is 0 Å². The third kappa shape index (κ3) is 17.6. The molecule has 0 radical (unpaired) electrons. The summed E-state index contributed by atoms with van der Waals surface area (Å²) in [5, 5.41) is 9.88. The Kier molecular flexibility index (Phi) is 23.6. The molecule has 73 heavy (non-hydrogen) atoms. The second-order valence-corrected chi connectivity index (χ2v) is 26.7. The molecule has 0 aliphatic heterocycles. The van der Waals surface area contributed by atoms with Gasteiger partial charge in [0.05, 0.1) is 0 Å². The van der Waals surface area contributed by atoms with E-state index < -0.39 is 22.8 Å². The molecular formula is C62H112N4O7. The largest absolute Gasteiger partial charge is 0.462 e. The van der Waals surface area contributed by atoms with Crippen molar-refractivity contribution in [1.82, 2.24) is 20.9 Å². The fourth-order valence-electron chi connectivity index (χ4n) is 14.6. The van der Waals surface area contributed by atoms with Crippen molar-refractivity contribution >= 4 is 24.1 Å². The third-order valence-electron chi connectivity index (χ3n) is 19.6. The Labute approximate surface area is 447 Å². The van der Waals surface area contributed by atoms with Crippen molar-refractivity contribution < 1.29 is 33.4 Å². The summed E-state index contributed by atoms with van der Waals surface area (Å²) in [5.41, 5.74) is 0.150. The van der Waals surface area contributed by atoms with Crippen LogP contribution in [0.25, 0.3) is 0 Å². The molecule has 11 nitrogen and oxygen atoms in total. The van der Waals surface area contributed by atoms with Crippen molar-refractivity contribution in [1.29, 1.82) is 0 Å². The lowest BCUT2D eigenvalue weighted by molar-refractivity contribution is -0.151. The smallest absolute Gasteiger partial charge is 0.408 e. The number of fused-ring (bicyclic) bond motifs is 5. The van der Waals surface area contributed by atoms with E-state index in [1.165, 1.54) is 56.9 Å². The van der Waals surface area contributed by atoms with Gasteiger partial charge < -0.3 is 35.1 Å². The summed E-state index contributed by atoms with van der Waals surface area (Å²) in [4.78, 5) is 55.2. The van der Waals surface area contributed by atoms with E-state index >= 15 is 0 Å². The molecule has 4 aliphatic carbocycles.